The van der Waals surface area contributed by atoms with E-state index in [4.69, 9.17) is 4.52 Å². The Kier molecular flexibility index (Phi) is 3.82. The van der Waals surface area contributed by atoms with Crippen molar-refractivity contribution in [3.05, 3.63) is 34.8 Å². The summed E-state index contributed by atoms with van der Waals surface area (Å²) in [7, 11) is 0. The molecule has 136 valence electrons. The molecule has 0 fully saturated rings. The molecule has 3 aromatic heterocycles. The Labute approximate surface area is 151 Å². The zero-order chi connectivity index (χ0) is 18.5. The van der Waals surface area contributed by atoms with Gasteiger partial charge in [0.2, 0.25) is 0 Å². The molecule has 7 heteroatoms. The van der Waals surface area contributed by atoms with Crippen LogP contribution in [0.2, 0.25) is 0 Å². The molecule has 1 aliphatic rings. The molecule has 4 rings (SSSR count). The zero-order valence-electron chi connectivity index (χ0n) is 15.5. The second-order valence-corrected chi connectivity index (χ2v) is 8.11. The fraction of sp³-hybridized carbons (Fsp3) is 0.474. The third kappa shape index (κ3) is 2.87. The van der Waals surface area contributed by atoms with Gasteiger partial charge in [0.25, 0.3) is 5.91 Å². The van der Waals surface area contributed by atoms with Crippen LogP contribution in [-0.4, -0.2) is 26.2 Å². The standard InChI is InChI=1S/C19H23N5O2/c1-10-5-7-12-16(20-10)22-23-17(12)21-18(25)15-13-9-11(19(2,3)4)6-8-14(13)26-24-15/h5,7,11H,6,8-9H2,1-4H3,(H2,20,21,22,23,25)/t11-/m0/s1. The van der Waals surface area contributed by atoms with Crippen molar-refractivity contribution >= 4 is 22.8 Å². The van der Waals surface area contributed by atoms with Gasteiger partial charge >= 0.3 is 0 Å². The van der Waals surface area contributed by atoms with E-state index in [1.165, 1.54) is 0 Å². The summed E-state index contributed by atoms with van der Waals surface area (Å²) in [5.41, 5.74) is 3.02. The van der Waals surface area contributed by atoms with Gasteiger partial charge in [-0.25, -0.2) is 4.98 Å². The minimum Gasteiger partial charge on any atom is -0.360 e. The maximum absolute atomic E-state index is 12.8. The normalized spacial score (nSPS) is 17.3. The van der Waals surface area contributed by atoms with Crippen LogP contribution in [0.3, 0.4) is 0 Å². The number of carbonyl (C=O) groups excluding carboxylic acids is 1. The van der Waals surface area contributed by atoms with E-state index in [-0.39, 0.29) is 11.3 Å². The van der Waals surface area contributed by atoms with Crippen molar-refractivity contribution in [1.82, 2.24) is 20.3 Å². The van der Waals surface area contributed by atoms with Gasteiger partial charge in [-0.1, -0.05) is 25.9 Å². The number of amides is 1. The highest BCUT2D eigenvalue weighted by atomic mass is 16.5. The predicted molar refractivity (Wildman–Crippen MR) is 98.1 cm³/mol. The van der Waals surface area contributed by atoms with Crippen molar-refractivity contribution in [2.24, 2.45) is 11.3 Å². The van der Waals surface area contributed by atoms with Gasteiger partial charge in [0, 0.05) is 17.7 Å². The number of aromatic amines is 1. The molecule has 0 unspecified atom stereocenters. The molecule has 2 N–H and O–H groups in total. The lowest BCUT2D eigenvalue weighted by molar-refractivity contribution is 0.101. The molecular weight excluding hydrogens is 330 g/mol. The third-order valence-electron chi connectivity index (χ3n) is 5.27. The molecule has 3 aromatic rings. The van der Waals surface area contributed by atoms with Gasteiger partial charge in [-0.3, -0.25) is 9.89 Å². The first-order chi connectivity index (χ1) is 12.3. The molecule has 0 bridgehead atoms. The lowest BCUT2D eigenvalue weighted by Crippen LogP contribution is -2.27. The van der Waals surface area contributed by atoms with E-state index < -0.39 is 0 Å². The van der Waals surface area contributed by atoms with Gasteiger partial charge in [-0.2, -0.15) is 5.10 Å². The average Bonchev–Trinajstić information content (AvgIpc) is 3.17. The summed E-state index contributed by atoms with van der Waals surface area (Å²) in [5.74, 6) is 1.50. The molecule has 1 aliphatic carbocycles. The van der Waals surface area contributed by atoms with Gasteiger partial charge in [0.05, 0.1) is 5.39 Å². The molecule has 0 aliphatic heterocycles. The number of hydrogen-bond donors (Lipinski definition) is 2. The second kappa shape index (κ2) is 5.93. The van der Waals surface area contributed by atoms with Crippen LogP contribution in [-0.2, 0) is 12.8 Å². The summed E-state index contributed by atoms with van der Waals surface area (Å²) in [5, 5.41) is 14.7. The molecule has 0 aromatic carbocycles. The van der Waals surface area contributed by atoms with E-state index in [1.54, 1.807) is 0 Å². The van der Waals surface area contributed by atoms with Crippen molar-refractivity contribution in [2.45, 2.75) is 47.0 Å². The van der Waals surface area contributed by atoms with Gasteiger partial charge in [-0.05, 0) is 43.2 Å². The monoisotopic (exact) mass is 353 g/mol. The highest BCUT2D eigenvalue weighted by Crippen LogP contribution is 2.38. The van der Waals surface area contributed by atoms with E-state index in [2.05, 4.69) is 46.4 Å². The number of H-pyrrole nitrogens is 1. The number of pyridine rings is 1. The molecule has 7 nitrogen and oxygen atoms in total. The van der Waals surface area contributed by atoms with Gasteiger partial charge in [0.15, 0.2) is 17.2 Å². The first kappa shape index (κ1) is 16.8. The number of nitrogens with zero attached hydrogens (tertiary/aromatic N) is 3. The lowest BCUT2D eigenvalue weighted by atomic mass is 9.71. The van der Waals surface area contributed by atoms with Crippen LogP contribution in [0.25, 0.3) is 11.0 Å². The summed E-state index contributed by atoms with van der Waals surface area (Å²) >= 11 is 0. The SMILES string of the molecule is Cc1ccc2c(NC(=O)c3noc4c3C[C@@H](C(C)(C)C)CC4)n[nH]c2n1. The number of aryl methyl sites for hydroxylation is 2. The Balaban J connectivity index is 1.61. The minimum atomic E-state index is -0.293. The Morgan fingerprint density at radius 3 is 2.92 bits per heavy atom. The van der Waals surface area contributed by atoms with Crippen molar-refractivity contribution in [1.29, 1.82) is 0 Å². The number of anilines is 1. The lowest BCUT2D eigenvalue weighted by Gasteiger charge is -2.33. The van der Waals surface area contributed by atoms with E-state index in [1.807, 2.05) is 19.1 Å². The Hall–Kier alpha value is -2.70. The number of fused-ring (bicyclic) bond motifs is 2. The van der Waals surface area contributed by atoms with E-state index in [0.717, 1.165) is 41.7 Å². The quantitative estimate of drug-likeness (QED) is 0.733. The first-order valence-electron chi connectivity index (χ1n) is 8.93. The van der Waals surface area contributed by atoms with Gasteiger partial charge in [-0.15, -0.1) is 0 Å². The molecule has 26 heavy (non-hydrogen) atoms. The van der Waals surface area contributed by atoms with Gasteiger partial charge in [0.1, 0.15) is 5.76 Å². The van der Waals surface area contributed by atoms with Crippen molar-refractivity contribution < 1.29 is 9.32 Å². The maximum Gasteiger partial charge on any atom is 0.279 e. The van der Waals surface area contributed by atoms with E-state index in [0.29, 0.717) is 23.1 Å². The fourth-order valence-electron chi connectivity index (χ4n) is 3.59. The fourth-order valence-corrected chi connectivity index (χ4v) is 3.59. The molecule has 1 atom stereocenters. The zero-order valence-corrected chi connectivity index (χ0v) is 15.5. The molecule has 0 radical (unpaired) electrons. The second-order valence-electron chi connectivity index (χ2n) is 8.11. The van der Waals surface area contributed by atoms with Crippen molar-refractivity contribution in [3.8, 4) is 0 Å². The molecule has 3 heterocycles. The first-order valence-corrected chi connectivity index (χ1v) is 8.93. The van der Waals surface area contributed by atoms with Crippen LogP contribution in [0, 0.1) is 18.3 Å². The highest BCUT2D eigenvalue weighted by molar-refractivity contribution is 6.07. The topological polar surface area (TPSA) is 96.7 Å². The van der Waals surface area contributed by atoms with Crippen LogP contribution in [0.15, 0.2) is 16.7 Å². The third-order valence-corrected chi connectivity index (χ3v) is 5.27. The smallest absolute Gasteiger partial charge is 0.279 e. The largest absolute Gasteiger partial charge is 0.360 e. The Bertz CT molecular complexity index is 980. The minimum absolute atomic E-state index is 0.185. The Morgan fingerprint density at radius 2 is 2.15 bits per heavy atom. The van der Waals surface area contributed by atoms with E-state index in [9.17, 15) is 4.79 Å². The molecule has 0 saturated heterocycles. The van der Waals surface area contributed by atoms with Crippen LogP contribution >= 0.6 is 0 Å². The van der Waals surface area contributed by atoms with E-state index >= 15 is 0 Å². The average molecular weight is 353 g/mol. The number of nitrogens with one attached hydrogen (secondary N) is 2. The maximum atomic E-state index is 12.8. The number of carbonyl (C=O) groups is 1. The molecule has 1 amide bonds. The van der Waals surface area contributed by atoms with Crippen molar-refractivity contribution in [3.63, 3.8) is 0 Å². The predicted octanol–water partition coefficient (Wildman–Crippen LogP) is 3.66. The van der Waals surface area contributed by atoms with Crippen LogP contribution in [0.4, 0.5) is 5.82 Å². The Morgan fingerprint density at radius 1 is 1.35 bits per heavy atom. The summed E-state index contributed by atoms with van der Waals surface area (Å²) in [6, 6.07) is 3.78. The summed E-state index contributed by atoms with van der Waals surface area (Å²) < 4.78 is 5.44. The highest BCUT2D eigenvalue weighted by Gasteiger charge is 2.34. The van der Waals surface area contributed by atoms with Crippen LogP contribution < -0.4 is 5.32 Å². The molecule has 0 spiro atoms. The van der Waals surface area contributed by atoms with Gasteiger partial charge < -0.3 is 9.84 Å². The number of aromatic nitrogens is 4. The van der Waals surface area contributed by atoms with Crippen LogP contribution in [0.1, 0.15) is 54.7 Å². The molecular formula is C19H23N5O2. The number of rotatable bonds is 2. The van der Waals surface area contributed by atoms with Crippen molar-refractivity contribution in [2.75, 3.05) is 5.32 Å². The summed E-state index contributed by atoms with van der Waals surface area (Å²) in [6.45, 7) is 8.62. The molecule has 0 saturated carbocycles. The summed E-state index contributed by atoms with van der Waals surface area (Å²) in [6.07, 6.45) is 2.70. The summed E-state index contributed by atoms with van der Waals surface area (Å²) in [4.78, 5) is 17.2. The van der Waals surface area contributed by atoms with Crippen LogP contribution in [0.5, 0.6) is 0 Å². The number of hydrogen-bond acceptors (Lipinski definition) is 5.